The fourth-order valence-electron chi connectivity index (χ4n) is 3.22. The molecule has 0 aromatic carbocycles. The summed E-state index contributed by atoms with van der Waals surface area (Å²) in [5.41, 5.74) is 0.731. The van der Waals surface area contributed by atoms with Gasteiger partial charge in [-0.3, -0.25) is 4.90 Å². The van der Waals surface area contributed by atoms with Gasteiger partial charge in [-0.25, -0.2) is 0 Å². The minimum Gasteiger partial charge on any atom is -0.306 e. The van der Waals surface area contributed by atoms with E-state index in [9.17, 15) is 0 Å². The molecule has 1 aliphatic carbocycles. The van der Waals surface area contributed by atoms with Crippen LogP contribution >= 0.6 is 0 Å². The Morgan fingerprint density at radius 2 is 1.64 bits per heavy atom. The topological polar surface area (TPSA) is 6.48 Å². The van der Waals surface area contributed by atoms with Crippen LogP contribution in [0.3, 0.4) is 0 Å². The van der Waals surface area contributed by atoms with Crippen LogP contribution in [0.15, 0.2) is 0 Å². The summed E-state index contributed by atoms with van der Waals surface area (Å²) < 4.78 is 0. The van der Waals surface area contributed by atoms with Crippen molar-refractivity contribution >= 4 is 0 Å². The second-order valence-corrected chi connectivity index (χ2v) is 5.75. The van der Waals surface area contributed by atoms with Gasteiger partial charge in [0.1, 0.15) is 0 Å². The Labute approximate surface area is 87.3 Å². The standard InChI is InChI=1S/C12H22N2/c1-13-7-4-12(5-8-13)6-9-14(10-12)11-2-3-11/h11H,2-10H2,1H3. The van der Waals surface area contributed by atoms with Gasteiger partial charge >= 0.3 is 0 Å². The van der Waals surface area contributed by atoms with Crippen LogP contribution in [0.25, 0.3) is 0 Å². The van der Waals surface area contributed by atoms with Crippen LogP contribution < -0.4 is 0 Å². The van der Waals surface area contributed by atoms with E-state index in [0.29, 0.717) is 0 Å². The molecule has 2 nitrogen and oxygen atoms in total. The Morgan fingerprint density at radius 1 is 1.00 bits per heavy atom. The monoisotopic (exact) mass is 194 g/mol. The highest BCUT2D eigenvalue weighted by atomic mass is 15.2. The lowest BCUT2D eigenvalue weighted by Crippen LogP contribution is -2.39. The summed E-state index contributed by atoms with van der Waals surface area (Å²) in [7, 11) is 2.26. The van der Waals surface area contributed by atoms with Crippen molar-refractivity contribution in [1.29, 1.82) is 0 Å². The van der Waals surface area contributed by atoms with Crippen molar-refractivity contribution in [3.8, 4) is 0 Å². The van der Waals surface area contributed by atoms with Gasteiger partial charge in [0.25, 0.3) is 0 Å². The van der Waals surface area contributed by atoms with Crippen molar-refractivity contribution in [3.05, 3.63) is 0 Å². The van der Waals surface area contributed by atoms with E-state index in [-0.39, 0.29) is 0 Å². The molecule has 0 unspecified atom stereocenters. The van der Waals surface area contributed by atoms with E-state index in [0.717, 1.165) is 11.5 Å². The molecule has 14 heavy (non-hydrogen) atoms. The fraction of sp³-hybridized carbons (Fsp3) is 1.00. The molecule has 2 saturated heterocycles. The van der Waals surface area contributed by atoms with Crippen LogP contribution in [-0.2, 0) is 0 Å². The van der Waals surface area contributed by atoms with Gasteiger partial charge in [0.05, 0.1) is 0 Å². The molecule has 2 heterocycles. The van der Waals surface area contributed by atoms with Crippen molar-refractivity contribution in [2.45, 2.75) is 38.1 Å². The quantitative estimate of drug-likeness (QED) is 0.625. The minimum atomic E-state index is 0.731. The number of hydrogen-bond acceptors (Lipinski definition) is 2. The van der Waals surface area contributed by atoms with E-state index in [4.69, 9.17) is 0 Å². The van der Waals surface area contributed by atoms with Gasteiger partial charge < -0.3 is 4.90 Å². The fourth-order valence-corrected chi connectivity index (χ4v) is 3.22. The zero-order valence-corrected chi connectivity index (χ0v) is 9.34. The Balaban J connectivity index is 1.62. The summed E-state index contributed by atoms with van der Waals surface area (Å²) in [4.78, 5) is 5.26. The van der Waals surface area contributed by atoms with Crippen molar-refractivity contribution < 1.29 is 0 Å². The van der Waals surface area contributed by atoms with Gasteiger partial charge in [-0.2, -0.15) is 0 Å². The molecule has 1 spiro atoms. The van der Waals surface area contributed by atoms with Gasteiger partial charge in [0, 0.05) is 12.6 Å². The first kappa shape index (κ1) is 9.17. The van der Waals surface area contributed by atoms with E-state index in [2.05, 4.69) is 16.8 Å². The maximum absolute atomic E-state index is 2.77. The molecular formula is C12H22N2. The third-order valence-electron chi connectivity index (χ3n) is 4.58. The molecule has 0 radical (unpaired) electrons. The lowest BCUT2D eigenvalue weighted by atomic mass is 9.78. The second-order valence-electron chi connectivity index (χ2n) is 5.75. The predicted molar refractivity (Wildman–Crippen MR) is 58.4 cm³/mol. The molecule has 2 aliphatic heterocycles. The van der Waals surface area contributed by atoms with E-state index in [1.165, 1.54) is 58.3 Å². The molecule has 0 amide bonds. The number of piperidine rings is 1. The predicted octanol–water partition coefficient (Wildman–Crippen LogP) is 1.57. The Morgan fingerprint density at radius 3 is 2.29 bits per heavy atom. The van der Waals surface area contributed by atoms with Gasteiger partial charge in [0.2, 0.25) is 0 Å². The second kappa shape index (κ2) is 3.21. The summed E-state index contributed by atoms with van der Waals surface area (Å²) in [5.74, 6) is 0. The van der Waals surface area contributed by atoms with Crippen LogP contribution in [0, 0.1) is 5.41 Å². The molecular weight excluding hydrogens is 172 g/mol. The van der Waals surface area contributed by atoms with Crippen molar-refractivity contribution in [2.75, 3.05) is 33.2 Å². The number of rotatable bonds is 1. The van der Waals surface area contributed by atoms with E-state index in [1.807, 2.05) is 0 Å². The molecule has 3 aliphatic rings. The van der Waals surface area contributed by atoms with E-state index < -0.39 is 0 Å². The van der Waals surface area contributed by atoms with Gasteiger partial charge in [-0.15, -0.1) is 0 Å². The van der Waals surface area contributed by atoms with Gasteiger partial charge in [-0.05, 0) is 64.2 Å². The van der Waals surface area contributed by atoms with Gasteiger partial charge in [0.15, 0.2) is 0 Å². The SMILES string of the molecule is CN1CCC2(CC1)CCN(C1CC1)C2. The number of nitrogens with zero attached hydrogens (tertiary/aromatic N) is 2. The lowest BCUT2D eigenvalue weighted by Gasteiger charge is -2.37. The molecule has 3 fully saturated rings. The highest BCUT2D eigenvalue weighted by Gasteiger charge is 2.43. The first-order valence-electron chi connectivity index (χ1n) is 6.20. The average molecular weight is 194 g/mol. The maximum atomic E-state index is 2.77. The highest BCUT2D eigenvalue weighted by Crippen LogP contribution is 2.43. The van der Waals surface area contributed by atoms with Crippen molar-refractivity contribution in [1.82, 2.24) is 9.80 Å². The Kier molecular flexibility index (Phi) is 2.10. The Hall–Kier alpha value is -0.0800. The smallest absolute Gasteiger partial charge is 0.00966 e. The van der Waals surface area contributed by atoms with Crippen LogP contribution in [-0.4, -0.2) is 49.1 Å². The summed E-state index contributed by atoms with van der Waals surface area (Å²) in [6, 6.07) is 0.994. The molecule has 0 N–H and O–H groups in total. The van der Waals surface area contributed by atoms with Crippen molar-refractivity contribution in [3.63, 3.8) is 0 Å². The molecule has 0 atom stereocenters. The molecule has 0 bridgehead atoms. The third kappa shape index (κ3) is 1.59. The summed E-state index contributed by atoms with van der Waals surface area (Å²) >= 11 is 0. The van der Waals surface area contributed by atoms with E-state index in [1.54, 1.807) is 0 Å². The zero-order valence-electron chi connectivity index (χ0n) is 9.34. The Bertz CT molecular complexity index is 214. The molecule has 2 heteroatoms. The first-order chi connectivity index (χ1) is 6.77. The normalized spacial score (nSPS) is 34.1. The zero-order chi connectivity index (χ0) is 9.60. The number of likely N-dealkylation sites (tertiary alicyclic amines) is 2. The van der Waals surface area contributed by atoms with Crippen molar-refractivity contribution in [2.24, 2.45) is 5.41 Å². The minimum absolute atomic E-state index is 0.731. The summed E-state index contributed by atoms with van der Waals surface area (Å²) in [5, 5.41) is 0. The first-order valence-corrected chi connectivity index (χ1v) is 6.20. The highest BCUT2D eigenvalue weighted by molar-refractivity contribution is 4.98. The van der Waals surface area contributed by atoms with Crippen LogP contribution in [0.5, 0.6) is 0 Å². The lowest BCUT2D eigenvalue weighted by molar-refractivity contribution is 0.124. The summed E-state index contributed by atoms with van der Waals surface area (Å²) in [6.45, 7) is 5.48. The molecule has 0 aromatic heterocycles. The van der Waals surface area contributed by atoms with Crippen LogP contribution in [0.2, 0.25) is 0 Å². The molecule has 1 saturated carbocycles. The third-order valence-corrected chi connectivity index (χ3v) is 4.58. The van der Waals surface area contributed by atoms with E-state index >= 15 is 0 Å². The van der Waals surface area contributed by atoms with Crippen LogP contribution in [0.1, 0.15) is 32.1 Å². The number of hydrogen-bond donors (Lipinski definition) is 0. The van der Waals surface area contributed by atoms with Gasteiger partial charge in [-0.1, -0.05) is 0 Å². The van der Waals surface area contributed by atoms with Crippen LogP contribution in [0.4, 0.5) is 0 Å². The maximum Gasteiger partial charge on any atom is 0.00966 e. The molecule has 3 rings (SSSR count). The largest absolute Gasteiger partial charge is 0.306 e. The molecule has 0 aromatic rings. The molecule has 80 valence electrons. The summed E-state index contributed by atoms with van der Waals surface area (Å²) in [6.07, 6.45) is 7.35. The average Bonchev–Trinajstić information content (AvgIpc) is 2.96.